The van der Waals surface area contributed by atoms with Gasteiger partial charge in [0, 0.05) is 122 Å². The van der Waals surface area contributed by atoms with E-state index in [0.29, 0.717) is 34.9 Å². The van der Waals surface area contributed by atoms with Gasteiger partial charge in [-0.15, -0.1) is 0 Å². The lowest BCUT2D eigenvalue weighted by molar-refractivity contribution is 0.669. The van der Waals surface area contributed by atoms with Crippen molar-refractivity contribution in [3.05, 3.63) is 473 Å². The molecule has 0 amide bonds. The van der Waals surface area contributed by atoms with Crippen molar-refractivity contribution in [1.82, 2.24) is 49.0 Å². The largest absolute Gasteiger partial charge is 0.456 e. The standard InChI is InChI=1S/2C62H39N5O/c1-6-18-40(19-7-1)45-34-46(41-20-8-2-9-21-41)36-47(35-45)48-38-52(62-65-60(42-22-10-3-11-23-42)64-61(66-62)43-24-12-4-13-25-43)59(63-39-48)44-30-32-55-51(37-44)58-56(68-55)33-31-54-57(58)50-28-16-17-29-53(50)67(54)49-26-14-5-15-27-49;1-6-18-40(19-7-1)45-34-46(41-20-8-2-9-21-41)36-47(35-45)48-37-52(62-65-60(42-22-10-3-11-23-42)64-61(66-62)43-24-12-4-13-25-43)59(63-39-48)44-30-31-51-56(38-44)68-55-33-32-54-57(58(51)55)50-28-16-17-29-53(50)67(54)49-26-14-5-15-27-49/h2*1-39H. The average Bonchev–Trinajstić information content (AvgIpc) is 1.56. The minimum atomic E-state index is 0.518. The molecule has 18 aromatic carbocycles. The summed E-state index contributed by atoms with van der Waals surface area (Å²) >= 11 is 0. The third kappa shape index (κ3) is 14.6. The van der Waals surface area contributed by atoms with E-state index < -0.39 is 0 Å². The molecule has 0 N–H and O–H groups in total. The molecular formula is C124H78N10O2. The molecule has 0 fully saturated rings. The van der Waals surface area contributed by atoms with E-state index in [4.69, 9.17) is 48.7 Å². The van der Waals surface area contributed by atoms with Crippen molar-refractivity contribution < 1.29 is 8.83 Å². The summed E-state index contributed by atoms with van der Waals surface area (Å²) in [5.41, 5.74) is 31.3. The van der Waals surface area contributed by atoms with Crippen LogP contribution in [-0.4, -0.2) is 49.0 Å². The third-order valence-electron chi connectivity index (χ3n) is 25.7. The Morgan fingerprint density at radius 1 is 0.162 bits per heavy atom. The molecule has 0 unspecified atom stereocenters. The van der Waals surface area contributed by atoms with Gasteiger partial charge in [0.25, 0.3) is 0 Å². The zero-order valence-electron chi connectivity index (χ0n) is 73.3. The highest BCUT2D eigenvalue weighted by Crippen LogP contribution is 2.48. The Kier molecular flexibility index (Phi) is 20.0. The molecule has 12 nitrogen and oxygen atoms in total. The molecule has 0 saturated heterocycles. The van der Waals surface area contributed by atoms with E-state index in [2.05, 4.69) is 349 Å². The van der Waals surface area contributed by atoms with Crippen LogP contribution in [0.5, 0.6) is 0 Å². The molecule has 0 aliphatic rings. The summed E-state index contributed by atoms with van der Waals surface area (Å²) in [5.74, 6) is 3.36. The van der Waals surface area contributed by atoms with Gasteiger partial charge in [-0.1, -0.05) is 322 Å². The van der Waals surface area contributed by atoms with Crippen molar-refractivity contribution in [2.24, 2.45) is 0 Å². The number of benzene rings is 18. The summed E-state index contributed by atoms with van der Waals surface area (Å²) in [5, 5.41) is 8.83. The number of hydrogen-bond acceptors (Lipinski definition) is 10. The summed E-state index contributed by atoms with van der Waals surface area (Å²) in [6, 6.07) is 160. The van der Waals surface area contributed by atoms with Crippen molar-refractivity contribution in [1.29, 1.82) is 0 Å². The summed E-state index contributed by atoms with van der Waals surface area (Å²) in [7, 11) is 0. The molecule has 0 spiro atoms. The van der Waals surface area contributed by atoms with Gasteiger partial charge in [0.05, 0.1) is 33.5 Å². The molecule has 8 aromatic heterocycles. The highest BCUT2D eigenvalue weighted by atomic mass is 16.3. The lowest BCUT2D eigenvalue weighted by atomic mass is 9.92. The molecule has 0 radical (unpaired) electrons. The van der Waals surface area contributed by atoms with Gasteiger partial charge in [0.1, 0.15) is 22.3 Å². The zero-order valence-corrected chi connectivity index (χ0v) is 73.3. The van der Waals surface area contributed by atoms with Crippen LogP contribution in [0.25, 0.3) is 256 Å². The second-order valence-corrected chi connectivity index (χ2v) is 34.0. The number of hydrogen-bond donors (Lipinski definition) is 0. The van der Waals surface area contributed by atoms with E-state index in [1.807, 2.05) is 134 Å². The Labute approximate surface area is 782 Å². The van der Waals surface area contributed by atoms with E-state index in [-0.39, 0.29) is 0 Å². The van der Waals surface area contributed by atoms with E-state index in [0.717, 1.165) is 216 Å². The van der Waals surface area contributed by atoms with Crippen molar-refractivity contribution in [3.63, 3.8) is 0 Å². The Morgan fingerprint density at radius 3 is 0.816 bits per heavy atom. The number of nitrogens with zero attached hydrogens (tertiary/aromatic N) is 10. The molecule has 0 aliphatic carbocycles. The van der Waals surface area contributed by atoms with Crippen molar-refractivity contribution in [3.8, 4) is 169 Å². The summed E-state index contributed by atoms with van der Waals surface area (Å²) in [6.07, 6.45) is 3.96. The first kappa shape index (κ1) is 79.6. The van der Waals surface area contributed by atoms with Gasteiger partial charge in [-0.2, -0.15) is 0 Å². The molecule has 8 heterocycles. The molecule has 26 aromatic rings. The molecule has 0 aliphatic heterocycles. The van der Waals surface area contributed by atoms with Gasteiger partial charge in [0.15, 0.2) is 34.9 Å². The van der Waals surface area contributed by atoms with Crippen LogP contribution in [-0.2, 0) is 0 Å². The van der Waals surface area contributed by atoms with Crippen molar-refractivity contribution in [2.45, 2.75) is 0 Å². The van der Waals surface area contributed by atoms with Crippen LogP contribution in [0.1, 0.15) is 0 Å². The van der Waals surface area contributed by atoms with Gasteiger partial charge in [0.2, 0.25) is 0 Å². The summed E-state index contributed by atoms with van der Waals surface area (Å²) in [6.45, 7) is 0. The number of para-hydroxylation sites is 4. The van der Waals surface area contributed by atoms with Crippen LogP contribution in [0.2, 0.25) is 0 Å². The molecule has 636 valence electrons. The van der Waals surface area contributed by atoms with Crippen LogP contribution in [0.4, 0.5) is 0 Å². The van der Waals surface area contributed by atoms with Crippen LogP contribution >= 0.6 is 0 Å². The fraction of sp³-hybridized carbons (Fsp3) is 0. The summed E-state index contributed by atoms with van der Waals surface area (Å²) in [4.78, 5) is 41.9. The van der Waals surface area contributed by atoms with Gasteiger partial charge in [-0.05, 0) is 195 Å². The molecule has 12 heteroatoms. The number of rotatable bonds is 16. The van der Waals surface area contributed by atoms with Crippen LogP contribution in [0.15, 0.2) is 482 Å². The summed E-state index contributed by atoms with van der Waals surface area (Å²) < 4.78 is 18.2. The Balaban J connectivity index is 0.000000145. The van der Waals surface area contributed by atoms with E-state index in [9.17, 15) is 0 Å². The Morgan fingerprint density at radius 2 is 0.449 bits per heavy atom. The maximum absolute atomic E-state index is 6.81. The fourth-order valence-corrected chi connectivity index (χ4v) is 19.3. The predicted molar refractivity (Wildman–Crippen MR) is 555 cm³/mol. The zero-order chi connectivity index (χ0) is 89.9. The first-order valence-electron chi connectivity index (χ1n) is 45.6. The highest BCUT2D eigenvalue weighted by Gasteiger charge is 2.27. The van der Waals surface area contributed by atoms with Gasteiger partial charge < -0.3 is 18.0 Å². The quantitative estimate of drug-likeness (QED) is 0.0918. The minimum absolute atomic E-state index is 0.518. The van der Waals surface area contributed by atoms with Crippen molar-refractivity contribution in [2.75, 3.05) is 0 Å². The van der Waals surface area contributed by atoms with Crippen LogP contribution in [0.3, 0.4) is 0 Å². The van der Waals surface area contributed by atoms with Crippen LogP contribution < -0.4 is 0 Å². The van der Waals surface area contributed by atoms with Gasteiger partial charge in [-0.3, -0.25) is 9.97 Å². The lowest BCUT2D eigenvalue weighted by Crippen LogP contribution is -2.02. The normalized spacial score (nSPS) is 11.5. The predicted octanol–water partition coefficient (Wildman–Crippen LogP) is 31.9. The number of pyridine rings is 2. The fourth-order valence-electron chi connectivity index (χ4n) is 19.3. The van der Waals surface area contributed by atoms with E-state index in [1.165, 1.54) is 5.39 Å². The molecular weight excluding hydrogens is 1660 g/mol. The monoisotopic (exact) mass is 1740 g/mol. The Hall–Kier alpha value is -18.5. The molecule has 0 saturated carbocycles. The first-order valence-corrected chi connectivity index (χ1v) is 45.6. The van der Waals surface area contributed by atoms with Gasteiger partial charge >= 0.3 is 0 Å². The van der Waals surface area contributed by atoms with Gasteiger partial charge in [-0.25, -0.2) is 29.9 Å². The Bertz CT molecular complexity index is 8820. The van der Waals surface area contributed by atoms with Crippen molar-refractivity contribution >= 4 is 87.5 Å². The molecule has 136 heavy (non-hydrogen) atoms. The topological polar surface area (TPSA) is 139 Å². The van der Waals surface area contributed by atoms with Crippen LogP contribution in [0, 0.1) is 0 Å². The average molecular weight is 1740 g/mol. The second-order valence-electron chi connectivity index (χ2n) is 34.0. The molecule has 0 atom stereocenters. The van der Waals surface area contributed by atoms with E-state index >= 15 is 0 Å². The number of furan rings is 2. The maximum atomic E-state index is 6.81. The smallest absolute Gasteiger partial charge is 0.166 e. The maximum Gasteiger partial charge on any atom is 0.166 e. The number of fused-ring (bicyclic) bond motifs is 14. The highest BCUT2D eigenvalue weighted by molar-refractivity contribution is 6.29. The third-order valence-corrected chi connectivity index (χ3v) is 25.7. The number of aromatic nitrogens is 10. The lowest BCUT2D eigenvalue weighted by Gasteiger charge is -2.15. The first-order chi connectivity index (χ1) is 67.4. The molecule has 0 bridgehead atoms. The SMILES string of the molecule is c1ccc(-c2cc(-c3ccccc3)cc(-c3cnc(-c4ccc5c(c4)oc4ccc6c(c7ccccc7n6-c6ccccc6)c45)c(-c4nc(-c5ccccc5)nc(-c5ccccc5)n4)c3)c2)cc1.c1ccc(-c2cc(-c3ccccc3)cc(-c3cnc(-c4ccc5oc6ccc7c(c8ccccc8n7-c7ccccc7)c6c5c4)c(-c4nc(-c5ccccc5)nc(-c5ccccc5)n4)c3)c2)cc1. The molecule has 26 rings (SSSR count). The minimum Gasteiger partial charge on any atom is -0.456 e. The van der Waals surface area contributed by atoms with E-state index in [1.54, 1.807) is 0 Å². The second kappa shape index (κ2) is 34.1.